The minimum absolute atomic E-state index is 0.0420. The summed E-state index contributed by atoms with van der Waals surface area (Å²) >= 11 is 0. The van der Waals surface area contributed by atoms with Gasteiger partial charge in [-0.25, -0.2) is 13.1 Å². The van der Waals surface area contributed by atoms with Gasteiger partial charge in [-0.15, -0.1) is 0 Å². The molecule has 2 aromatic rings. The third kappa shape index (κ3) is 6.69. The number of carbonyl (C=O) groups is 1. The Kier molecular flexibility index (Phi) is 7.38. The van der Waals surface area contributed by atoms with Crippen LogP contribution in [-0.4, -0.2) is 34.0 Å². The van der Waals surface area contributed by atoms with Gasteiger partial charge in [0.05, 0.1) is 11.4 Å². The fourth-order valence-corrected chi connectivity index (χ4v) is 3.82. The van der Waals surface area contributed by atoms with E-state index in [9.17, 15) is 13.2 Å². The molecule has 0 radical (unpaired) electrons. The summed E-state index contributed by atoms with van der Waals surface area (Å²) in [6, 6.07) is 12.8. The van der Waals surface area contributed by atoms with Gasteiger partial charge in [-0.1, -0.05) is 35.4 Å². The van der Waals surface area contributed by atoms with Crippen molar-refractivity contribution in [3.05, 3.63) is 59.2 Å². The van der Waals surface area contributed by atoms with E-state index in [0.717, 1.165) is 16.9 Å². The monoisotopic (exact) mass is 390 g/mol. The zero-order valence-electron chi connectivity index (χ0n) is 15.9. The van der Waals surface area contributed by atoms with Crippen LogP contribution in [0.2, 0.25) is 0 Å². The van der Waals surface area contributed by atoms with Gasteiger partial charge in [0.25, 0.3) is 0 Å². The van der Waals surface area contributed by atoms with Gasteiger partial charge in [-0.3, -0.25) is 4.79 Å². The van der Waals surface area contributed by atoms with E-state index in [1.165, 1.54) is 0 Å². The fourth-order valence-electron chi connectivity index (χ4n) is 2.56. The largest absolute Gasteiger partial charge is 0.492 e. The lowest BCUT2D eigenvalue weighted by atomic mass is 10.2. The first-order chi connectivity index (χ1) is 12.8. The molecule has 0 saturated carbocycles. The van der Waals surface area contributed by atoms with Crippen molar-refractivity contribution < 1.29 is 17.9 Å². The summed E-state index contributed by atoms with van der Waals surface area (Å²) in [6.45, 7) is 6.41. The van der Waals surface area contributed by atoms with Crippen LogP contribution in [0.15, 0.2) is 47.4 Å². The first-order valence-electron chi connectivity index (χ1n) is 8.81. The lowest BCUT2D eigenvalue weighted by Gasteiger charge is -2.10. The molecule has 0 unspecified atom stereocenters. The number of carbonyl (C=O) groups excluding carboxylic acids is 1. The first-order valence-corrected chi connectivity index (χ1v) is 10.3. The van der Waals surface area contributed by atoms with Gasteiger partial charge in [0, 0.05) is 13.0 Å². The molecule has 0 aliphatic carbocycles. The molecule has 2 aromatic carbocycles. The van der Waals surface area contributed by atoms with Crippen molar-refractivity contribution in [3.8, 4) is 5.75 Å². The maximum atomic E-state index is 12.3. The number of amides is 1. The second-order valence-corrected chi connectivity index (χ2v) is 8.16. The third-order valence-electron chi connectivity index (χ3n) is 3.98. The summed E-state index contributed by atoms with van der Waals surface area (Å²) in [6.07, 6.45) is 0.0642. The molecule has 0 heterocycles. The molecule has 0 aliphatic rings. The maximum absolute atomic E-state index is 12.3. The molecule has 6 nitrogen and oxygen atoms in total. The fraction of sp³-hybridized carbons (Fsp3) is 0.350. The van der Waals surface area contributed by atoms with Gasteiger partial charge < -0.3 is 10.1 Å². The molecule has 0 aliphatic heterocycles. The van der Waals surface area contributed by atoms with Crippen LogP contribution in [0.4, 0.5) is 0 Å². The molecule has 0 aromatic heterocycles. The summed E-state index contributed by atoms with van der Waals surface area (Å²) in [5.74, 6) is 0.516. The van der Waals surface area contributed by atoms with Gasteiger partial charge in [0.1, 0.15) is 12.4 Å². The number of rotatable bonds is 9. The van der Waals surface area contributed by atoms with Crippen LogP contribution in [0.5, 0.6) is 5.75 Å². The van der Waals surface area contributed by atoms with Crippen LogP contribution in [0, 0.1) is 20.8 Å². The summed E-state index contributed by atoms with van der Waals surface area (Å²) in [5, 5.41) is 2.71. The van der Waals surface area contributed by atoms with Crippen molar-refractivity contribution in [3.63, 3.8) is 0 Å². The first kappa shape index (κ1) is 20.9. The predicted molar refractivity (Wildman–Crippen MR) is 105 cm³/mol. The van der Waals surface area contributed by atoms with E-state index < -0.39 is 10.0 Å². The molecular formula is C20H26N2O4S. The van der Waals surface area contributed by atoms with Crippen molar-refractivity contribution >= 4 is 15.9 Å². The molecule has 0 atom stereocenters. The molecule has 2 N–H and O–H groups in total. The average molecular weight is 391 g/mol. The summed E-state index contributed by atoms with van der Waals surface area (Å²) in [5.41, 5.74) is 2.83. The van der Waals surface area contributed by atoms with Gasteiger partial charge >= 0.3 is 0 Å². The lowest BCUT2D eigenvalue weighted by Crippen LogP contribution is -2.32. The highest BCUT2D eigenvalue weighted by atomic mass is 32.2. The van der Waals surface area contributed by atoms with E-state index in [2.05, 4.69) is 10.0 Å². The Labute approximate surface area is 161 Å². The molecule has 0 saturated heterocycles. The molecule has 2 rings (SSSR count). The van der Waals surface area contributed by atoms with Crippen molar-refractivity contribution in [2.45, 2.75) is 32.1 Å². The zero-order valence-corrected chi connectivity index (χ0v) is 16.7. The van der Waals surface area contributed by atoms with Gasteiger partial charge in [0.2, 0.25) is 15.9 Å². The van der Waals surface area contributed by atoms with Crippen molar-refractivity contribution in [2.24, 2.45) is 0 Å². The average Bonchev–Trinajstić information content (AvgIpc) is 2.59. The van der Waals surface area contributed by atoms with Crippen LogP contribution in [0.25, 0.3) is 0 Å². The van der Waals surface area contributed by atoms with Crippen LogP contribution in [0.1, 0.15) is 23.1 Å². The second-order valence-electron chi connectivity index (χ2n) is 6.43. The number of hydrogen-bond acceptors (Lipinski definition) is 4. The summed E-state index contributed by atoms with van der Waals surface area (Å²) in [4.78, 5) is 12.1. The lowest BCUT2D eigenvalue weighted by molar-refractivity contribution is -0.121. The molecule has 1 amide bonds. The highest BCUT2D eigenvalue weighted by Gasteiger charge is 2.16. The van der Waals surface area contributed by atoms with E-state index in [1.54, 1.807) is 19.1 Å². The minimum atomic E-state index is -3.62. The second kappa shape index (κ2) is 9.53. The molecule has 0 bridgehead atoms. The van der Waals surface area contributed by atoms with Gasteiger partial charge in [-0.2, -0.15) is 0 Å². The Hall–Kier alpha value is -2.38. The highest BCUT2D eigenvalue weighted by Crippen LogP contribution is 2.16. The number of ether oxygens (including phenoxy) is 1. The van der Waals surface area contributed by atoms with Crippen LogP contribution >= 0.6 is 0 Å². The number of sulfonamides is 1. The quantitative estimate of drug-likeness (QED) is 0.644. The smallest absolute Gasteiger partial charge is 0.240 e. The van der Waals surface area contributed by atoms with Crippen molar-refractivity contribution in [1.29, 1.82) is 0 Å². The molecule has 7 heteroatoms. The van der Waals surface area contributed by atoms with E-state index in [4.69, 9.17) is 4.74 Å². The van der Waals surface area contributed by atoms with E-state index in [1.807, 2.05) is 44.2 Å². The van der Waals surface area contributed by atoms with Crippen LogP contribution in [-0.2, 0) is 14.8 Å². The Morgan fingerprint density at radius 1 is 0.963 bits per heavy atom. The Morgan fingerprint density at radius 3 is 2.30 bits per heavy atom. The highest BCUT2D eigenvalue weighted by molar-refractivity contribution is 7.89. The number of hydrogen-bond donors (Lipinski definition) is 2. The van der Waals surface area contributed by atoms with Crippen molar-refractivity contribution in [2.75, 3.05) is 19.7 Å². The molecular weight excluding hydrogens is 364 g/mol. The molecule has 146 valence electrons. The Morgan fingerprint density at radius 2 is 1.63 bits per heavy atom. The van der Waals surface area contributed by atoms with Crippen molar-refractivity contribution in [1.82, 2.24) is 10.0 Å². The summed E-state index contributed by atoms with van der Waals surface area (Å²) < 4.78 is 32.6. The van der Waals surface area contributed by atoms with Crippen LogP contribution < -0.4 is 14.8 Å². The standard InChI is InChI=1S/C20H26N2O4S/c1-15-4-7-18(8-5-15)26-13-12-21-20(23)10-11-22-27(24,25)19-9-6-16(2)14-17(19)3/h4-9,14,22H,10-13H2,1-3H3,(H,21,23). The normalized spacial score (nSPS) is 11.2. The summed E-state index contributed by atoms with van der Waals surface area (Å²) in [7, 11) is -3.62. The zero-order chi connectivity index (χ0) is 19.9. The Balaban J connectivity index is 1.70. The molecule has 27 heavy (non-hydrogen) atoms. The van der Waals surface area contributed by atoms with Crippen LogP contribution in [0.3, 0.4) is 0 Å². The predicted octanol–water partition coefficient (Wildman–Crippen LogP) is 2.48. The molecule has 0 spiro atoms. The number of benzene rings is 2. The Bertz CT molecular complexity index is 877. The maximum Gasteiger partial charge on any atom is 0.240 e. The van der Waals surface area contributed by atoms with E-state index >= 15 is 0 Å². The number of nitrogens with one attached hydrogen (secondary N) is 2. The SMILES string of the molecule is Cc1ccc(OCCNC(=O)CCNS(=O)(=O)c2ccc(C)cc2C)cc1. The van der Waals surface area contributed by atoms with Gasteiger partial charge in [-0.05, 0) is 44.5 Å². The minimum Gasteiger partial charge on any atom is -0.492 e. The van der Waals surface area contributed by atoms with Gasteiger partial charge in [0.15, 0.2) is 0 Å². The molecule has 0 fully saturated rings. The van der Waals surface area contributed by atoms with E-state index in [-0.39, 0.29) is 23.8 Å². The topological polar surface area (TPSA) is 84.5 Å². The number of aryl methyl sites for hydroxylation is 3. The third-order valence-corrected chi connectivity index (χ3v) is 5.60. The van der Waals surface area contributed by atoms with E-state index in [0.29, 0.717) is 18.7 Å².